The number of anilines is 1. The second-order valence-corrected chi connectivity index (χ2v) is 7.54. The molecule has 0 bridgehead atoms. The summed E-state index contributed by atoms with van der Waals surface area (Å²) >= 11 is 0. The predicted octanol–water partition coefficient (Wildman–Crippen LogP) is 3.58. The standard InChI is InChI=1S/C23H25NO5/c25-17(14-28-18-6-2-1-3-7-18)15-29-19-12-10-16(11-13-19)24-22(26)20-8-4-5-9-21(20)23(24)27/h4-5,8-13,17-18,25H,1-3,6-7,14-15H2/t17-/m0/s1. The van der Waals surface area contributed by atoms with Crippen molar-refractivity contribution < 1.29 is 24.2 Å². The van der Waals surface area contributed by atoms with Crippen LogP contribution in [0.15, 0.2) is 48.5 Å². The molecule has 0 unspecified atom stereocenters. The van der Waals surface area contributed by atoms with Crippen molar-refractivity contribution in [3.8, 4) is 5.75 Å². The highest BCUT2D eigenvalue weighted by Crippen LogP contribution is 2.29. The van der Waals surface area contributed by atoms with Crippen molar-refractivity contribution in [3.05, 3.63) is 59.7 Å². The van der Waals surface area contributed by atoms with Gasteiger partial charge in [0.15, 0.2) is 0 Å². The third-order valence-corrected chi connectivity index (χ3v) is 5.41. The van der Waals surface area contributed by atoms with Crippen LogP contribution in [-0.2, 0) is 4.74 Å². The van der Waals surface area contributed by atoms with Gasteiger partial charge < -0.3 is 14.6 Å². The van der Waals surface area contributed by atoms with E-state index in [1.165, 1.54) is 24.2 Å². The Balaban J connectivity index is 1.30. The minimum Gasteiger partial charge on any atom is -0.491 e. The van der Waals surface area contributed by atoms with E-state index in [1.54, 1.807) is 48.5 Å². The Hall–Kier alpha value is -2.70. The zero-order valence-electron chi connectivity index (χ0n) is 16.3. The van der Waals surface area contributed by atoms with Gasteiger partial charge in [0, 0.05) is 0 Å². The Morgan fingerprint density at radius 2 is 1.52 bits per heavy atom. The lowest BCUT2D eigenvalue weighted by Gasteiger charge is -2.23. The van der Waals surface area contributed by atoms with Crippen molar-refractivity contribution in [2.24, 2.45) is 0 Å². The summed E-state index contributed by atoms with van der Waals surface area (Å²) in [6, 6.07) is 13.5. The molecular formula is C23H25NO5. The first kappa shape index (κ1) is 19.6. The maximum Gasteiger partial charge on any atom is 0.266 e. The SMILES string of the molecule is O=C1c2ccccc2C(=O)N1c1ccc(OC[C@@H](O)COC2CCCCC2)cc1. The molecule has 2 aromatic rings. The Morgan fingerprint density at radius 3 is 2.14 bits per heavy atom. The lowest BCUT2D eigenvalue weighted by Crippen LogP contribution is -2.29. The van der Waals surface area contributed by atoms with Crippen molar-refractivity contribution in [3.63, 3.8) is 0 Å². The van der Waals surface area contributed by atoms with E-state index >= 15 is 0 Å². The minimum absolute atomic E-state index is 0.124. The zero-order valence-corrected chi connectivity index (χ0v) is 16.3. The van der Waals surface area contributed by atoms with E-state index in [0.717, 1.165) is 12.8 Å². The molecule has 0 saturated heterocycles. The van der Waals surface area contributed by atoms with Crippen molar-refractivity contribution >= 4 is 17.5 Å². The van der Waals surface area contributed by atoms with Gasteiger partial charge in [0.25, 0.3) is 11.8 Å². The number of carbonyl (C=O) groups excluding carboxylic acids is 2. The fourth-order valence-electron chi connectivity index (χ4n) is 3.83. The third-order valence-electron chi connectivity index (χ3n) is 5.41. The van der Waals surface area contributed by atoms with Crippen LogP contribution < -0.4 is 9.64 Å². The van der Waals surface area contributed by atoms with Gasteiger partial charge in [-0.2, -0.15) is 0 Å². The normalized spacial score (nSPS) is 18.0. The van der Waals surface area contributed by atoms with Crippen molar-refractivity contribution in [2.45, 2.75) is 44.3 Å². The van der Waals surface area contributed by atoms with Gasteiger partial charge in [0.1, 0.15) is 18.5 Å². The molecule has 2 aliphatic rings. The van der Waals surface area contributed by atoms with Crippen LogP contribution in [0.2, 0.25) is 0 Å². The average Bonchev–Trinajstić information content (AvgIpc) is 3.02. The van der Waals surface area contributed by atoms with E-state index in [9.17, 15) is 14.7 Å². The van der Waals surface area contributed by atoms with Gasteiger partial charge in [0.2, 0.25) is 0 Å². The fourth-order valence-corrected chi connectivity index (χ4v) is 3.83. The summed E-state index contributed by atoms with van der Waals surface area (Å²) in [7, 11) is 0. The number of fused-ring (bicyclic) bond motifs is 1. The molecule has 2 aromatic carbocycles. The quantitative estimate of drug-likeness (QED) is 0.726. The maximum absolute atomic E-state index is 12.5. The lowest BCUT2D eigenvalue weighted by atomic mass is 9.98. The summed E-state index contributed by atoms with van der Waals surface area (Å²) < 4.78 is 11.4. The zero-order chi connectivity index (χ0) is 20.2. The van der Waals surface area contributed by atoms with E-state index in [-0.39, 0.29) is 31.1 Å². The molecule has 29 heavy (non-hydrogen) atoms. The summed E-state index contributed by atoms with van der Waals surface area (Å²) in [6.07, 6.45) is 5.32. The second kappa shape index (κ2) is 8.76. The number of amides is 2. The van der Waals surface area contributed by atoms with Crippen molar-refractivity contribution in [1.82, 2.24) is 0 Å². The predicted molar refractivity (Wildman–Crippen MR) is 108 cm³/mol. The Bertz CT molecular complexity index is 838. The molecular weight excluding hydrogens is 370 g/mol. The van der Waals surface area contributed by atoms with E-state index in [0.29, 0.717) is 22.6 Å². The number of aliphatic hydroxyl groups excluding tert-OH is 1. The Morgan fingerprint density at radius 1 is 0.897 bits per heavy atom. The first-order valence-electron chi connectivity index (χ1n) is 10.1. The van der Waals surface area contributed by atoms with Crippen molar-refractivity contribution in [2.75, 3.05) is 18.1 Å². The number of aliphatic hydroxyl groups is 1. The average molecular weight is 395 g/mol. The highest BCUT2D eigenvalue weighted by Gasteiger charge is 2.36. The number of ether oxygens (including phenoxy) is 2. The highest BCUT2D eigenvalue weighted by molar-refractivity contribution is 6.34. The molecule has 1 saturated carbocycles. The van der Waals surface area contributed by atoms with Gasteiger partial charge in [-0.25, -0.2) is 4.90 Å². The Kier molecular flexibility index (Phi) is 5.92. The monoisotopic (exact) mass is 395 g/mol. The summed E-state index contributed by atoms with van der Waals surface area (Å²) in [4.78, 5) is 26.2. The second-order valence-electron chi connectivity index (χ2n) is 7.54. The van der Waals surface area contributed by atoms with Crippen LogP contribution in [0.4, 0.5) is 5.69 Å². The molecule has 6 nitrogen and oxygen atoms in total. The highest BCUT2D eigenvalue weighted by atomic mass is 16.5. The smallest absolute Gasteiger partial charge is 0.266 e. The molecule has 0 aromatic heterocycles. The van der Waals surface area contributed by atoms with E-state index in [4.69, 9.17) is 9.47 Å². The molecule has 1 heterocycles. The molecule has 1 atom stereocenters. The molecule has 0 radical (unpaired) electrons. The molecule has 1 aliphatic carbocycles. The Labute approximate surface area is 170 Å². The van der Waals surface area contributed by atoms with E-state index in [2.05, 4.69) is 0 Å². The molecule has 1 fully saturated rings. The molecule has 0 spiro atoms. The molecule has 1 N–H and O–H groups in total. The first-order valence-corrected chi connectivity index (χ1v) is 10.1. The number of hydrogen-bond acceptors (Lipinski definition) is 5. The minimum atomic E-state index is -0.701. The largest absolute Gasteiger partial charge is 0.491 e. The number of hydrogen-bond donors (Lipinski definition) is 1. The van der Waals surface area contributed by atoms with Crippen LogP contribution in [0, 0.1) is 0 Å². The summed E-state index contributed by atoms with van der Waals surface area (Å²) in [5, 5.41) is 10.1. The van der Waals surface area contributed by atoms with E-state index in [1.807, 2.05) is 0 Å². The number of benzene rings is 2. The number of nitrogens with zero attached hydrogens (tertiary/aromatic N) is 1. The van der Waals surface area contributed by atoms with Gasteiger partial charge in [-0.15, -0.1) is 0 Å². The molecule has 1 aliphatic heterocycles. The fraction of sp³-hybridized carbons (Fsp3) is 0.391. The molecule has 6 heteroatoms. The van der Waals surface area contributed by atoms with Gasteiger partial charge in [0.05, 0.1) is 29.5 Å². The molecule has 152 valence electrons. The molecule has 4 rings (SSSR count). The van der Waals surface area contributed by atoms with Crippen LogP contribution >= 0.6 is 0 Å². The van der Waals surface area contributed by atoms with Crippen LogP contribution in [0.5, 0.6) is 5.75 Å². The summed E-state index contributed by atoms with van der Waals surface area (Å²) in [5.74, 6) is -0.0915. The van der Waals surface area contributed by atoms with Crippen LogP contribution in [0.25, 0.3) is 0 Å². The van der Waals surface area contributed by atoms with Crippen LogP contribution in [0.1, 0.15) is 52.8 Å². The summed E-state index contributed by atoms with van der Waals surface area (Å²) in [5.41, 5.74) is 1.32. The molecule has 2 amide bonds. The maximum atomic E-state index is 12.5. The summed E-state index contributed by atoms with van der Waals surface area (Å²) in [6.45, 7) is 0.386. The topological polar surface area (TPSA) is 76.1 Å². The van der Waals surface area contributed by atoms with Gasteiger partial charge in [-0.05, 0) is 49.2 Å². The van der Waals surface area contributed by atoms with Gasteiger partial charge in [-0.1, -0.05) is 31.4 Å². The van der Waals surface area contributed by atoms with Crippen LogP contribution in [-0.4, -0.2) is 42.3 Å². The number of carbonyl (C=O) groups is 2. The van der Waals surface area contributed by atoms with Gasteiger partial charge >= 0.3 is 0 Å². The number of rotatable bonds is 7. The van der Waals surface area contributed by atoms with Gasteiger partial charge in [-0.3, -0.25) is 9.59 Å². The van der Waals surface area contributed by atoms with Crippen LogP contribution in [0.3, 0.4) is 0 Å². The van der Waals surface area contributed by atoms with E-state index < -0.39 is 6.10 Å². The lowest BCUT2D eigenvalue weighted by molar-refractivity contribution is -0.0362. The number of imide groups is 1. The first-order chi connectivity index (χ1) is 14.1. The van der Waals surface area contributed by atoms with Crippen molar-refractivity contribution in [1.29, 1.82) is 0 Å². The third kappa shape index (κ3) is 4.33.